The number of hydrogen-bond acceptors (Lipinski definition) is 6. The number of aryl methyl sites for hydroxylation is 1. The number of hydrogen-bond donors (Lipinski definition) is 0. The van der Waals surface area contributed by atoms with Crippen LogP contribution < -0.4 is 16.3 Å². The Kier molecular flexibility index (Phi) is 4.79. The Morgan fingerprint density at radius 2 is 2.00 bits per heavy atom. The number of aromatic nitrogens is 4. The Hall–Kier alpha value is -3.27. The Balaban J connectivity index is 1.92. The van der Waals surface area contributed by atoms with Crippen molar-refractivity contribution in [3.8, 4) is 0 Å². The molecular formula is C19H21FN6O3. The molecule has 9 nitrogen and oxygen atoms in total. The first-order chi connectivity index (χ1) is 13.9. The van der Waals surface area contributed by atoms with Gasteiger partial charge in [-0.2, -0.15) is 10.1 Å². The van der Waals surface area contributed by atoms with Crippen LogP contribution in [0.1, 0.15) is 12.5 Å². The van der Waals surface area contributed by atoms with Gasteiger partial charge in [-0.1, -0.05) is 18.2 Å². The van der Waals surface area contributed by atoms with Crippen LogP contribution in [0.2, 0.25) is 0 Å². The quantitative estimate of drug-likeness (QED) is 0.636. The van der Waals surface area contributed by atoms with Crippen LogP contribution >= 0.6 is 0 Å². The summed E-state index contributed by atoms with van der Waals surface area (Å²) >= 11 is 0. The van der Waals surface area contributed by atoms with Crippen molar-refractivity contribution in [2.24, 2.45) is 12.1 Å². The van der Waals surface area contributed by atoms with Gasteiger partial charge in [-0.25, -0.2) is 14.2 Å². The van der Waals surface area contributed by atoms with Crippen molar-refractivity contribution in [2.75, 3.05) is 25.3 Å². The molecule has 0 unspecified atom stereocenters. The minimum atomic E-state index is -0.553. The van der Waals surface area contributed by atoms with E-state index in [9.17, 15) is 14.0 Å². The lowest BCUT2D eigenvalue weighted by atomic mass is 10.2. The van der Waals surface area contributed by atoms with E-state index in [0.29, 0.717) is 25.6 Å². The molecule has 0 radical (unpaired) electrons. The number of fused-ring (bicyclic) bond motifs is 3. The average Bonchev–Trinajstić information content (AvgIpc) is 3.08. The zero-order valence-electron chi connectivity index (χ0n) is 16.4. The SMILES string of the molecule is COCCN1N=C(C)Cn2c1nc1c2c(=O)n(Cc2ccccc2F)c(=O)n1C. The molecule has 0 fully saturated rings. The van der Waals surface area contributed by atoms with Crippen LogP contribution in [0.25, 0.3) is 11.2 Å². The second-order valence-electron chi connectivity index (χ2n) is 6.95. The van der Waals surface area contributed by atoms with Crippen LogP contribution in [-0.4, -0.2) is 44.7 Å². The highest BCUT2D eigenvalue weighted by atomic mass is 19.1. The highest BCUT2D eigenvalue weighted by Crippen LogP contribution is 2.23. The number of hydrazone groups is 1. The second kappa shape index (κ2) is 7.28. The lowest BCUT2D eigenvalue weighted by Gasteiger charge is -2.24. The van der Waals surface area contributed by atoms with Crippen LogP contribution in [0.4, 0.5) is 10.3 Å². The number of nitrogens with zero attached hydrogens (tertiary/aromatic N) is 6. The van der Waals surface area contributed by atoms with Crippen LogP contribution in [0.15, 0.2) is 39.0 Å². The van der Waals surface area contributed by atoms with Crippen LogP contribution in [-0.2, 0) is 24.9 Å². The monoisotopic (exact) mass is 400 g/mol. The largest absolute Gasteiger partial charge is 0.383 e. The maximum absolute atomic E-state index is 14.1. The fourth-order valence-electron chi connectivity index (χ4n) is 3.48. The number of benzene rings is 1. The summed E-state index contributed by atoms with van der Waals surface area (Å²) in [5.74, 6) is 0.00368. The summed E-state index contributed by atoms with van der Waals surface area (Å²) in [6, 6.07) is 6.09. The van der Waals surface area contributed by atoms with Crippen molar-refractivity contribution in [1.29, 1.82) is 0 Å². The molecule has 0 bridgehead atoms. The molecule has 0 amide bonds. The first-order valence-corrected chi connectivity index (χ1v) is 9.16. The van der Waals surface area contributed by atoms with Gasteiger partial charge in [0.2, 0.25) is 5.95 Å². The number of anilines is 1. The molecule has 3 heterocycles. The van der Waals surface area contributed by atoms with Crippen molar-refractivity contribution in [1.82, 2.24) is 18.7 Å². The lowest BCUT2D eigenvalue weighted by Crippen LogP contribution is -2.40. The molecule has 10 heteroatoms. The summed E-state index contributed by atoms with van der Waals surface area (Å²) in [6.45, 7) is 2.96. The van der Waals surface area contributed by atoms with Gasteiger partial charge in [-0.15, -0.1) is 0 Å². The predicted molar refractivity (Wildman–Crippen MR) is 107 cm³/mol. The Morgan fingerprint density at radius 3 is 2.72 bits per heavy atom. The summed E-state index contributed by atoms with van der Waals surface area (Å²) in [6.07, 6.45) is 0. The molecular weight excluding hydrogens is 379 g/mol. The van der Waals surface area contributed by atoms with Gasteiger partial charge in [-0.05, 0) is 13.0 Å². The van der Waals surface area contributed by atoms with E-state index in [1.165, 1.54) is 10.6 Å². The minimum Gasteiger partial charge on any atom is -0.383 e. The minimum absolute atomic E-state index is 0.158. The first-order valence-electron chi connectivity index (χ1n) is 9.16. The van der Waals surface area contributed by atoms with E-state index in [1.807, 2.05) is 6.92 Å². The van der Waals surface area contributed by atoms with Gasteiger partial charge in [0.1, 0.15) is 5.82 Å². The number of imidazole rings is 1. The maximum atomic E-state index is 14.1. The molecule has 0 saturated carbocycles. The standard InChI is InChI=1S/C19H21FN6O3/c1-12-10-24-15-16(21-18(24)26(22-12)8-9-29-3)23(2)19(28)25(17(15)27)11-13-6-4-5-7-14(13)20/h4-7H,8-11H2,1-3H3. The molecule has 2 aromatic heterocycles. The highest BCUT2D eigenvalue weighted by Gasteiger charge is 2.26. The zero-order chi connectivity index (χ0) is 20.7. The summed E-state index contributed by atoms with van der Waals surface area (Å²) in [4.78, 5) is 30.6. The van der Waals surface area contributed by atoms with Gasteiger partial charge < -0.3 is 4.74 Å². The summed E-state index contributed by atoms with van der Waals surface area (Å²) in [7, 11) is 3.14. The molecule has 1 aromatic carbocycles. The predicted octanol–water partition coefficient (Wildman–Crippen LogP) is 0.926. The van der Waals surface area contributed by atoms with Gasteiger partial charge in [-0.3, -0.25) is 18.5 Å². The second-order valence-corrected chi connectivity index (χ2v) is 6.95. The first kappa shape index (κ1) is 19.1. The van der Waals surface area contributed by atoms with E-state index in [-0.39, 0.29) is 23.3 Å². The molecule has 0 saturated heterocycles. The fourth-order valence-corrected chi connectivity index (χ4v) is 3.48. The highest BCUT2D eigenvalue weighted by molar-refractivity contribution is 5.87. The molecule has 1 aliphatic heterocycles. The molecule has 4 rings (SSSR count). The molecule has 0 spiro atoms. The third-order valence-electron chi connectivity index (χ3n) is 4.92. The number of ether oxygens (including phenoxy) is 1. The van der Waals surface area contributed by atoms with E-state index in [1.54, 1.807) is 41.9 Å². The summed E-state index contributed by atoms with van der Waals surface area (Å²) in [5.41, 5.74) is 0.557. The van der Waals surface area contributed by atoms with E-state index in [0.717, 1.165) is 10.3 Å². The summed E-state index contributed by atoms with van der Waals surface area (Å²) < 4.78 is 23.3. The third-order valence-corrected chi connectivity index (χ3v) is 4.92. The molecule has 3 aromatic rings. The fraction of sp³-hybridized carbons (Fsp3) is 0.368. The van der Waals surface area contributed by atoms with E-state index in [4.69, 9.17) is 4.74 Å². The van der Waals surface area contributed by atoms with Crippen molar-refractivity contribution in [3.05, 3.63) is 56.5 Å². The van der Waals surface area contributed by atoms with Crippen molar-refractivity contribution < 1.29 is 9.13 Å². The van der Waals surface area contributed by atoms with Gasteiger partial charge in [0.05, 0.1) is 32.0 Å². The molecule has 0 atom stereocenters. The van der Waals surface area contributed by atoms with Gasteiger partial charge in [0, 0.05) is 19.7 Å². The van der Waals surface area contributed by atoms with E-state index >= 15 is 0 Å². The van der Waals surface area contributed by atoms with Crippen LogP contribution in [0.5, 0.6) is 0 Å². The Morgan fingerprint density at radius 1 is 1.24 bits per heavy atom. The lowest BCUT2D eigenvalue weighted by molar-refractivity contribution is 0.205. The van der Waals surface area contributed by atoms with Crippen molar-refractivity contribution in [3.63, 3.8) is 0 Å². The van der Waals surface area contributed by atoms with E-state index in [2.05, 4.69) is 10.1 Å². The Bertz CT molecular complexity index is 1240. The zero-order valence-corrected chi connectivity index (χ0v) is 16.4. The molecule has 1 aliphatic rings. The number of methoxy groups -OCH3 is 1. The van der Waals surface area contributed by atoms with Crippen LogP contribution in [0, 0.1) is 5.82 Å². The van der Waals surface area contributed by atoms with Gasteiger partial charge in [0.25, 0.3) is 5.56 Å². The summed E-state index contributed by atoms with van der Waals surface area (Å²) in [5, 5.41) is 6.14. The third kappa shape index (κ3) is 3.15. The molecule has 0 aliphatic carbocycles. The molecule has 152 valence electrons. The van der Waals surface area contributed by atoms with E-state index < -0.39 is 17.1 Å². The van der Waals surface area contributed by atoms with Gasteiger partial charge >= 0.3 is 5.69 Å². The topological polar surface area (TPSA) is 86.7 Å². The smallest absolute Gasteiger partial charge is 0.332 e. The molecule has 0 N–H and O–H groups in total. The normalized spacial score (nSPS) is 13.7. The van der Waals surface area contributed by atoms with Crippen molar-refractivity contribution >= 4 is 22.8 Å². The molecule has 29 heavy (non-hydrogen) atoms. The Labute approximate surface area is 165 Å². The number of rotatable bonds is 5. The van der Waals surface area contributed by atoms with Crippen LogP contribution in [0.3, 0.4) is 0 Å². The van der Waals surface area contributed by atoms with Gasteiger partial charge in [0.15, 0.2) is 11.2 Å². The average molecular weight is 400 g/mol. The van der Waals surface area contributed by atoms with Crippen molar-refractivity contribution in [2.45, 2.75) is 20.0 Å². The number of halogens is 1. The maximum Gasteiger partial charge on any atom is 0.332 e.